The van der Waals surface area contributed by atoms with Crippen LogP contribution in [0.15, 0.2) is 267 Å². The highest BCUT2D eigenvalue weighted by atomic mass is 15.1. The number of fused-ring (bicyclic) bond motifs is 9. The van der Waals surface area contributed by atoms with Gasteiger partial charge in [-0.3, -0.25) is 0 Å². The Morgan fingerprint density at radius 2 is 0.685 bits per heavy atom. The number of rotatable bonds is 8. The van der Waals surface area contributed by atoms with Crippen molar-refractivity contribution in [2.24, 2.45) is 0 Å². The van der Waals surface area contributed by atoms with Crippen molar-refractivity contribution in [3.05, 3.63) is 317 Å². The van der Waals surface area contributed by atoms with Crippen molar-refractivity contribution in [2.75, 3.05) is 4.90 Å². The van der Waals surface area contributed by atoms with E-state index in [2.05, 4.69) is 293 Å². The summed E-state index contributed by atoms with van der Waals surface area (Å²) in [6, 6.07) is 99.9. The number of para-hydroxylation sites is 1. The van der Waals surface area contributed by atoms with E-state index >= 15 is 0 Å². The average molecular weight is 932 g/mol. The number of hydrogen-bond acceptors (Lipinski definition) is 1. The Bertz CT molecular complexity index is 3900. The first-order chi connectivity index (χ1) is 35.8. The third-order valence-electron chi connectivity index (χ3n) is 16.9. The van der Waals surface area contributed by atoms with Crippen molar-refractivity contribution in [1.29, 1.82) is 0 Å². The first-order valence-corrected chi connectivity index (χ1v) is 25.7. The molecule has 1 heteroatoms. The van der Waals surface area contributed by atoms with E-state index in [9.17, 15) is 0 Å². The van der Waals surface area contributed by atoms with Gasteiger partial charge in [0.1, 0.15) is 0 Å². The van der Waals surface area contributed by atoms with Crippen molar-refractivity contribution >= 4 is 17.1 Å². The van der Waals surface area contributed by atoms with E-state index in [4.69, 9.17) is 0 Å². The molecule has 0 heterocycles. The highest BCUT2D eigenvalue weighted by molar-refractivity contribution is 5.94. The molecule has 1 unspecified atom stereocenters. The molecule has 0 saturated carbocycles. The van der Waals surface area contributed by atoms with Gasteiger partial charge in [-0.1, -0.05) is 238 Å². The molecule has 0 aromatic heterocycles. The fraction of sp³-hybridized carbons (Fsp3) is 0.0833. The van der Waals surface area contributed by atoms with Gasteiger partial charge in [-0.05, 0) is 150 Å². The monoisotopic (exact) mass is 931 g/mol. The second-order valence-corrected chi connectivity index (χ2v) is 20.9. The van der Waals surface area contributed by atoms with E-state index in [1.807, 2.05) is 0 Å². The minimum absolute atomic E-state index is 0.161. The van der Waals surface area contributed by atoms with Crippen molar-refractivity contribution in [3.8, 4) is 55.6 Å². The van der Waals surface area contributed by atoms with Gasteiger partial charge in [0.15, 0.2) is 0 Å². The summed E-state index contributed by atoms with van der Waals surface area (Å²) < 4.78 is 0. The summed E-state index contributed by atoms with van der Waals surface area (Å²) in [4.78, 5) is 2.49. The molecule has 0 radical (unpaired) electrons. The molecule has 0 spiro atoms. The quantitative estimate of drug-likeness (QED) is 0.147. The van der Waals surface area contributed by atoms with Gasteiger partial charge >= 0.3 is 0 Å². The Morgan fingerprint density at radius 3 is 1.34 bits per heavy atom. The Labute approximate surface area is 429 Å². The second kappa shape index (κ2) is 16.4. The maximum Gasteiger partial charge on any atom is 0.0713 e. The highest BCUT2D eigenvalue weighted by Crippen LogP contribution is 2.58. The zero-order valence-corrected chi connectivity index (χ0v) is 41.4. The topological polar surface area (TPSA) is 3.24 Å². The van der Waals surface area contributed by atoms with Crippen LogP contribution in [0.2, 0.25) is 0 Å². The van der Waals surface area contributed by atoms with Gasteiger partial charge in [-0.2, -0.15) is 0 Å². The molecule has 0 bridgehead atoms. The van der Waals surface area contributed by atoms with E-state index in [1.165, 1.54) is 106 Å². The standard InChI is InChI=1S/C72H53N/c1-70(2)63-31-17-13-28-57(63)60-44-41-55(47-66(60)70)73(54-39-35-48(36-40-54)49-37-42-61-58-29-14-18-32-64(58)71(3,67(61)45-49)51-21-7-4-8-22-51)69-34-20-16-27-56(69)50-38-43-62-59-30-15-19-33-65(59)72(68(62)46-50,52-23-9-5-10-24-52)53-25-11-6-12-26-53/h4-47H,1-3H3. The summed E-state index contributed by atoms with van der Waals surface area (Å²) in [5, 5.41) is 0. The molecule has 1 atom stereocenters. The summed E-state index contributed by atoms with van der Waals surface area (Å²) >= 11 is 0. The normalized spacial score (nSPS) is 15.9. The number of nitrogens with zero attached hydrogens (tertiary/aromatic N) is 1. The van der Waals surface area contributed by atoms with Crippen LogP contribution in [-0.2, 0) is 16.2 Å². The molecule has 3 aliphatic rings. The van der Waals surface area contributed by atoms with Crippen LogP contribution in [0.1, 0.15) is 70.8 Å². The molecule has 0 aliphatic heterocycles. The molecule has 0 saturated heterocycles. The largest absolute Gasteiger partial charge is 0.310 e. The predicted octanol–water partition coefficient (Wildman–Crippen LogP) is 18.5. The summed E-state index contributed by atoms with van der Waals surface area (Å²) in [5.41, 5.74) is 26.9. The highest BCUT2D eigenvalue weighted by Gasteiger charge is 2.46. The van der Waals surface area contributed by atoms with Gasteiger partial charge in [0.05, 0.1) is 11.1 Å². The van der Waals surface area contributed by atoms with Crippen LogP contribution in [0.4, 0.5) is 17.1 Å². The van der Waals surface area contributed by atoms with Crippen LogP contribution in [0.25, 0.3) is 55.6 Å². The Balaban J connectivity index is 0.937. The number of anilines is 3. The first kappa shape index (κ1) is 43.0. The van der Waals surface area contributed by atoms with Crippen LogP contribution in [-0.4, -0.2) is 0 Å². The van der Waals surface area contributed by atoms with Crippen LogP contribution >= 0.6 is 0 Å². The first-order valence-electron chi connectivity index (χ1n) is 25.7. The molecule has 11 aromatic carbocycles. The average Bonchev–Trinajstić information content (AvgIpc) is 4.00. The maximum atomic E-state index is 2.49. The molecule has 11 aromatic rings. The minimum atomic E-state index is -0.506. The van der Waals surface area contributed by atoms with Gasteiger partial charge in [-0.25, -0.2) is 0 Å². The zero-order valence-electron chi connectivity index (χ0n) is 41.4. The predicted molar refractivity (Wildman–Crippen MR) is 304 cm³/mol. The molecule has 1 nitrogen and oxygen atoms in total. The lowest BCUT2D eigenvalue weighted by molar-refractivity contribution is 0.660. The van der Waals surface area contributed by atoms with Crippen molar-refractivity contribution < 1.29 is 0 Å². The maximum absolute atomic E-state index is 2.49. The summed E-state index contributed by atoms with van der Waals surface area (Å²) in [6.07, 6.45) is 0. The van der Waals surface area contributed by atoms with Gasteiger partial charge in [0.2, 0.25) is 0 Å². The Morgan fingerprint density at radius 1 is 0.260 bits per heavy atom. The Hall–Kier alpha value is -8.78. The molecule has 346 valence electrons. The molecular weight excluding hydrogens is 879 g/mol. The van der Waals surface area contributed by atoms with Crippen LogP contribution in [0, 0.1) is 0 Å². The molecule has 0 fully saturated rings. The van der Waals surface area contributed by atoms with Crippen molar-refractivity contribution in [2.45, 2.75) is 37.0 Å². The fourth-order valence-corrected chi connectivity index (χ4v) is 13.3. The van der Waals surface area contributed by atoms with Gasteiger partial charge in [-0.15, -0.1) is 0 Å². The summed E-state index contributed by atoms with van der Waals surface area (Å²) in [6.45, 7) is 7.15. The summed E-state index contributed by atoms with van der Waals surface area (Å²) in [7, 11) is 0. The number of benzene rings is 11. The minimum Gasteiger partial charge on any atom is -0.310 e. The van der Waals surface area contributed by atoms with Crippen LogP contribution in [0.5, 0.6) is 0 Å². The van der Waals surface area contributed by atoms with E-state index in [1.54, 1.807) is 0 Å². The van der Waals surface area contributed by atoms with Crippen LogP contribution < -0.4 is 4.90 Å². The Kier molecular flexibility index (Phi) is 9.66. The molecule has 3 aliphatic carbocycles. The smallest absolute Gasteiger partial charge is 0.0713 e. The van der Waals surface area contributed by atoms with Gasteiger partial charge < -0.3 is 4.90 Å². The molecule has 0 amide bonds. The lowest BCUT2D eigenvalue weighted by Gasteiger charge is -2.34. The van der Waals surface area contributed by atoms with E-state index in [0.29, 0.717) is 0 Å². The molecule has 14 rings (SSSR count). The van der Waals surface area contributed by atoms with Crippen LogP contribution in [0.3, 0.4) is 0 Å². The molecule has 73 heavy (non-hydrogen) atoms. The van der Waals surface area contributed by atoms with Gasteiger partial charge in [0, 0.05) is 27.8 Å². The second-order valence-electron chi connectivity index (χ2n) is 20.9. The SMILES string of the molecule is CC1(C)c2ccccc2-c2ccc(N(c3ccc(-c4ccc5c(c4)C(C)(c4ccccc4)c4ccccc4-5)cc3)c3ccccc3-c3ccc4c(c3)C(c3ccccc3)(c3ccccc3)c3ccccc3-4)cc21. The van der Waals surface area contributed by atoms with E-state index < -0.39 is 5.41 Å². The third-order valence-corrected chi connectivity index (χ3v) is 16.9. The van der Waals surface area contributed by atoms with Crippen molar-refractivity contribution in [3.63, 3.8) is 0 Å². The zero-order chi connectivity index (χ0) is 48.9. The van der Waals surface area contributed by atoms with E-state index in [0.717, 1.165) is 17.1 Å². The fourth-order valence-electron chi connectivity index (χ4n) is 13.3. The van der Waals surface area contributed by atoms with Gasteiger partial charge in [0.25, 0.3) is 0 Å². The lowest BCUT2D eigenvalue weighted by atomic mass is 9.67. The van der Waals surface area contributed by atoms with E-state index in [-0.39, 0.29) is 10.8 Å². The summed E-state index contributed by atoms with van der Waals surface area (Å²) in [5.74, 6) is 0. The van der Waals surface area contributed by atoms with Crippen molar-refractivity contribution in [1.82, 2.24) is 0 Å². The number of hydrogen-bond donors (Lipinski definition) is 0. The molecule has 0 N–H and O–H groups in total. The third kappa shape index (κ3) is 6.28. The molecular formula is C72H53N. The lowest BCUT2D eigenvalue weighted by Crippen LogP contribution is -2.28.